The molecule has 19 heavy (non-hydrogen) atoms. The smallest absolute Gasteiger partial charge is 0.337 e. The van der Waals surface area contributed by atoms with Crippen LogP contribution in [0.4, 0.5) is 0 Å². The van der Waals surface area contributed by atoms with Gasteiger partial charge in [0, 0.05) is 0 Å². The number of rotatable bonds is 2. The van der Waals surface area contributed by atoms with Crippen molar-refractivity contribution in [3.63, 3.8) is 0 Å². The van der Waals surface area contributed by atoms with E-state index in [2.05, 4.69) is 19.1 Å². The lowest BCUT2D eigenvalue weighted by Gasteiger charge is -2.22. The molecule has 0 N–H and O–H groups in total. The number of esters is 1. The third-order valence-electron chi connectivity index (χ3n) is 4.61. The predicted molar refractivity (Wildman–Crippen MR) is 75.9 cm³/mol. The largest absolute Gasteiger partial charge is 0.465 e. The topological polar surface area (TPSA) is 26.3 Å². The maximum atomic E-state index is 11.5. The number of methoxy groups -OCH3 is 1. The highest BCUT2D eigenvalue weighted by atomic mass is 16.5. The Morgan fingerprint density at radius 1 is 1.32 bits per heavy atom. The van der Waals surface area contributed by atoms with Gasteiger partial charge in [0.1, 0.15) is 0 Å². The average molecular weight is 256 g/mol. The molecule has 0 aliphatic heterocycles. The summed E-state index contributed by atoms with van der Waals surface area (Å²) in [5.74, 6) is 1.40. The molecule has 2 unspecified atom stereocenters. The summed E-state index contributed by atoms with van der Waals surface area (Å²) >= 11 is 0. The highest BCUT2D eigenvalue weighted by Crippen LogP contribution is 2.46. The van der Waals surface area contributed by atoms with Crippen molar-refractivity contribution in [1.82, 2.24) is 0 Å². The fraction of sp³-hybridized carbons (Fsp3) is 0.471. The first-order valence-corrected chi connectivity index (χ1v) is 7.08. The number of hydrogen-bond donors (Lipinski definition) is 0. The van der Waals surface area contributed by atoms with Crippen LogP contribution in [0.2, 0.25) is 0 Å². The number of aryl methyl sites for hydroxylation is 1. The van der Waals surface area contributed by atoms with Gasteiger partial charge in [0.2, 0.25) is 0 Å². The molecular weight excluding hydrogens is 236 g/mol. The van der Waals surface area contributed by atoms with Gasteiger partial charge >= 0.3 is 5.97 Å². The Hall–Kier alpha value is -1.57. The third kappa shape index (κ3) is 2.20. The van der Waals surface area contributed by atoms with Gasteiger partial charge in [-0.1, -0.05) is 12.1 Å². The van der Waals surface area contributed by atoms with E-state index >= 15 is 0 Å². The molecule has 2 heteroatoms. The van der Waals surface area contributed by atoms with Gasteiger partial charge in [-0.25, -0.2) is 4.79 Å². The van der Waals surface area contributed by atoms with E-state index in [1.165, 1.54) is 49.5 Å². The minimum absolute atomic E-state index is 0.256. The summed E-state index contributed by atoms with van der Waals surface area (Å²) in [5, 5.41) is 0. The maximum absolute atomic E-state index is 11.5. The van der Waals surface area contributed by atoms with Crippen LogP contribution < -0.4 is 0 Å². The van der Waals surface area contributed by atoms with Gasteiger partial charge in [0.25, 0.3) is 0 Å². The van der Waals surface area contributed by atoms with Crippen molar-refractivity contribution in [2.75, 3.05) is 7.11 Å². The molecule has 100 valence electrons. The molecule has 2 bridgehead atoms. The van der Waals surface area contributed by atoms with E-state index in [0.717, 1.165) is 11.8 Å². The number of carbonyl (C=O) groups is 1. The van der Waals surface area contributed by atoms with Crippen LogP contribution in [0.1, 0.15) is 47.2 Å². The van der Waals surface area contributed by atoms with Crippen molar-refractivity contribution in [1.29, 1.82) is 0 Å². The van der Waals surface area contributed by atoms with E-state index in [1.807, 2.05) is 12.1 Å². The number of ether oxygens (including phenoxy) is 1. The second-order valence-electron chi connectivity index (χ2n) is 5.79. The first-order chi connectivity index (χ1) is 9.19. The number of fused-ring (bicyclic) bond motifs is 2. The zero-order valence-electron chi connectivity index (χ0n) is 11.6. The summed E-state index contributed by atoms with van der Waals surface area (Å²) in [5.41, 5.74) is 4.64. The van der Waals surface area contributed by atoms with Gasteiger partial charge in [0.05, 0.1) is 12.7 Å². The lowest BCUT2D eigenvalue weighted by atomic mass is 9.83. The summed E-state index contributed by atoms with van der Waals surface area (Å²) in [6.45, 7) is 2.09. The molecule has 1 fully saturated rings. The minimum Gasteiger partial charge on any atom is -0.465 e. The normalized spacial score (nSPS) is 25.1. The standard InChI is InChI=1S/C17H20O2/c1-11-9-14(17(18)19-2)6-8-15(11)16-7-4-12-3-5-13(16)10-12/h6-9,12-13H,3-5,10H2,1-2H3. The predicted octanol–water partition coefficient (Wildman–Crippen LogP) is 3.99. The molecule has 3 rings (SSSR count). The molecule has 0 radical (unpaired) electrons. The van der Waals surface area contributed by atoms with Crippen LogP contribution in [0.25, 0.3) is 5.57 Å². The lowest BCUT2D eigenvalue weighted by Crippen LogP contribution is -2.08. The summed E-state index contributed by atoms with van der Waals surface area (Å²) in [7, 11) is 1.42. The van der Waals surface area contributed by atoms with Crippen molar-refractivity contribution in [2.45, 2.75) is 32.6 Å². The Morgan fingerprint density at radius 3 is 2.89 bits per heavy atom. The summed E-state index contributed by atoms with van der Waals surface area (Å²) in [6, 6.07) is 5.92. The van der Waals surface area contributed by atoms with E-state index in [9.17, 15) is 4.79 Å². The van der Waals surface area contributed by atoms with Crippen molar-refractivity contribution >= 4 is 11.5 Å². The monoisotopic (exact) mass is 256 g/mol. The average Bonchev–Trinajstić information content (AvgIpc) is 2.81. The second kappa shape index (κ2) is 4.84. The van der Waals surface area contributed by atoms with Gasteiger partial charge in [-0.2, -0.15) is 0 Å². The molecule has 0 aromatic heterocycles. The molecule has 1 aromatic rings. The highest BCUT2D eigenvalue weighted by molar-refractivity contribution is 5.90. The molecule has 2 nitrogen and oxygen atoms in total. The van der Waals surface area contributed by atoms with Crippen molar-refractivity contribution < 1.29 is 9.53 Å². The fourth-order valence-electron chi connectivity index (χ4n) is 3.59. The highest BCUT2D eigenvalue weighted by Gasteiger charge is 2.31. The second-order valence-corrected chi connectivity index (χ2v) is 5.79. The quantitative estimate of drug-likeness (QED) is 0.748. The Morgan fingerprint density at radius 2 is 2.16 bits per heavy atom. The first kappa shape index (κ1) is 12.5. The lowest BCUT2D eigenvalue weighted by molar-refractivity contribution is 0.0600. The summed E-state index contributed by atoms with van der Waals surface area (Å²) in [6.07, 6.45) is 7.71. The van der Waals surface area contributed by atoms with Crippen LogP contribution in [0.3, 0.4) is 0 Å². The van der Waals surface area contributed by atoms with Crippen LogP contribution in [0.15, 0.2) is 24.3 Å². The van der Waals surface area contributed by atoms with Crippen LogP contribution in [0.5, 0.6) is 0 Å². The zero-order chi connectivity index (χ0) is 13.4. The summed E-state index contributed by atoms with van der Waals surface area (Å²) < 4.78 is 4.77. The Bertz CT molecular complexity index is 542. The van der Waals surface area contributed by atoms with Crippen LogP contribution >= 0.6 is 0 Å². The van der Waals surface area contributed by atoms with Crippen LogP contribution in [-0.2, 0) is 4.74 Å². The molecule has 0 spiro atoms. The van der Waals surface area contributed by atoms with E-state index in [1.54, 1.807) is 0 Å². The van der Waals surface area contributed by atoms with E-state index in [4.69, 9.17) is 4.74 Å². The molecule has 1 aromatic carbocycles. The van der Waals surface area contributed by atoms with Gasteiger partial charge < -0.3 is 4.74 Å². The molecule has 0 amide bonds. The van der Waals surface area contributed by atoms with Gasteiger partial charge in [-0.3, -0.25) is 0 Å². The number of hydrogen-bond acceptors (Lipinski definition) is 2. The minimum atomic E-state index is -0.256. The van der Waals surface area contributed by atoms with Crippen LogP contribution in [0, 0.1) is 18.8 Å². The van der Waals surface area contributed by atoms with Gasteiger partial charge in [0.15, 0.2) is 0 Å². The molecule has 2 aliphatic rings. The number of benzene rings is 1. The molecular formula is C17H20O2. The fourth-order valence-corrected chi connectivity index (χ4v) is 3.59. The SMILES string of the molecule is COC(=O)c1ccc(C2=CCC3CCC2C3)c(C)c1. The van der Waals surface area contributed by atoms with Crippen LogP contribution in [-0.4, -0.2) is 13.1 Å². The van der Waals surface area contributed by atoms with E-state index in [-0.39, 0.29) is 5.97 Å². The van der Waals surface area contributed by atoms with E-state index < -0.39 is 0 Å². The van der Waals surface area contributed by atoms with Crippen molar-refractivity contribution in [3.8, 4) is 0 Å². The Balaban J connectivity index is 1.93. The maximum Gasteiger partial charge on any atom is 0.337 e. The number of allylic oxidation sites excluding steroid dienone is 2. The van der Waals surface area contributed by atoms with E-state index in [0.29, 0.717) is 5.56 Å². The van der Waals surface area contributed by atoms with Gasteiger partial charge in [-0.15, -0.1) is 0 Å². The zero-order valence-corrected chi connectivity index (χ0v) is 11.6. The molecule has 2 atom stereocenters. The Labute approximate surface area is 114 Å². The number of carbonyl (C=O) groups excluding carboxylic acids is 1. The molecule has 0 heterocycles. The molecule has 0 saturated heterocycles. The van der Waals surface area contributed by atoms with Crippen molar-refractivity contribution in [2.24, 2.45) is 11.8 Å². The Kier molecular flexibility index (Phi) is 3.17. The third-order valence-corrected chi connectivity index (χ3v) is 4.61. The van der Waals surface area contributed by atoms with Crippen molar-refractivity contribution in [3.05, 3.63) is 41.0 Å². The summed E-state index contributed by atoms with van der Waals surface area (Å²) in [4.78, 5) is 11.5. The first-order valence-electron chi connectivity index (χ1n) is 7.08. The van der Waals surface area contributed by atoms with Gasteiger partial charge in [-0.05, 0) is 73.3 Å². The molecule has 1 saturated carbocycles. The molecule has 2 aliphatic carbocycles.